The summed E-state index contributed by atoms with van der Waals surface area (Å²) in [7, 11) is 0. The first-order valence-electron chi connectivity index (χ1n) is 4.98. The highest BCUT2D eigenvalue weighted by molar-refractivity contribution is 9.09. The van der Waals surface area contributed by atoms with E-state index in [1.54, 1.807) is 0 Å². The molecule has 0 spiro atoms. The lowest BCUT2D eigenvalue weighted by atomic mass is 10.1. The Morgan fingerprint density at radius 2 is 2.06 bits per heavy atom. The monoisotopic (exact) mass is 319 g/mol. The quantitative estimate of drug-likeness (QED) is 0.634. The SMILES string of the molecule is O=C1C(=O)N(CCCBr)c2c(F)ccc(Cl)c21. The second-order valence-electron chi connectivity index (χ2n) is 3.58. The molecule has 1 amide bonds. The van der Waals surface area contributed by atoms with Gasteiger partial charge in [0.25, 0.3) is 11.7 Å². The number of carbonyl (C=O) groups excluding carboxylic acids is 2. The molecule has 0 bridgehead atoms. The van der Waals surface area contributed by atoms with Crippen molar-refractivity contribution >= 4 is 44.9 Å². The van der Waals surface area contributed by atoms with E-state index in [-0.39, 0.29) is 16.3 Å². The lowest BCUT2D eigenvalue weighted by molar-refractivity contribution is -0.114. The summed E-state index contributed by atoms with van der Waals surface area (Å²) in [5, 5.41) is 0.781. The summed E-state index contributed by atoms with van der Waals surface area (Å²) in [6.07, 6.45) is 0.629. The van der Waals surface area contributed by atoms with Crippen LogP contribution >= 0.6 is 27.5 Å². The zero-order valence-electron chi connectivity index (χ0n) is 8.67. The van der Waals surface area contributed by atoms with Gasteiger partial charge in [0.2, 0.25) is 0 Å². The number of Topliss-reactive ketones (excluding diaryl/α,β-unsaturated/α-hetero) is 1. The molecule has 0 N–H and O–H groups in total. The average molecular weight is 321 g/mol. The first-order valence-corrected chi connectivity index (χ1v) is 6.48. The molecule has 6 heteroatoms. The molecule has 90 valence electrons. The third-order valence-corrected chi connectivity index (χ3v) is 3.41. The number of nitrogens with zero attached hydrogens (tertiary/aromatic N) is 1. The van der Waals surface area contributed by atoms with Gasteiger partial charge >= 0.3 is 0 Å². The topological polar surface area (TPSA) is 37.4 Å². The molecule has 1 aliphatic heterocycles. The van der Waals surface area contributed by atoms with Gasteiger partial charge in [-0.1, -0.05) is 27.5 Å². The molecular formula is C11H8BrClFNO2. The molecule has 0 aliphatic carbocycles. The zero-order valence-corrected chi connectivity index (χ0v) is 11.0. The summed E-state index contributed by atoms with van der Waals surface area (Å²) in [6.45, 7) is 0.292. The van der Waals surface area contributed by atoms with Crippen molar-refractivity contribution in [1.82, 2.24) is 0 Å². The van der Waals surface area contributed by atoms with Crippen molar-refractivity contribution in [2.75, 3.05) is 16.8 Å². The third kappa shape index (κ3) is 1.98. The normalized spacial score (nSPS) is 14.4. The minimum atomic E-state index is -0.737. The van der Waals surface area contributed by atoms with Crippen molar-refractivity contribution < 1.29 is 14.0 Å². The van der Waals surface area contributed by atoms with E-state index in [2.05, 4.69) is 15.9 Å². The van der Waals surface area contributed by atoms with Crippen LogP contribution in [-0.2, 0) is 4.79 Å². The van der Waals surface area contributed by atoms with Gasteiger partial charge < -0.3 is 4.90 Å². The van der Waals surface area contributed by atoms with Crippen molar-refractivity contribution in [3.8, 4) is 0 Å². The molecule has 2 rings (SSSR count). The minimum Gasteiger partial charge on any atom is -0.302 e. The van der Waals surface area contributed by atoms with Crippen LogP contribution in [0.15, 0.2) is 12.1 Å². The second-order valence-corrected chi connectivity index (χ2v) is 4.78. The lowest BCUT2D eigenvalue weighted by Gasteiger charge is -2.16. The fourth-order valence-electron chi connectivity index (χ4n) is 1.78. The van der Waals surface area contributed by atoms with Gasteiger partial charge in [-0.15, -0.1) is 0 Å². The Labute approximate surface area is 111 Å². The molecule has 1 aromatic carbocycles. The first-order chi connectivity index (χ1) is 8.07. The third-order valence-electron chi connectivity index (χ3n) is 2.53. The summed E-state index contributed by atoms with van der Waals surface area (Å²) >= 11 is 9.05. The van der Waals surface area contributed by atoms with Crippen molar-refractivity contribution in [3.05, 3.63) is 28.5 Å². The number of rotatable bonds is 3. The summed E-state index contributed by atoms with van der Waals surface area (Å²) in [4.78, 5) is 24.6. The van der Waals surface area contributed by atoms with Gasteiger partial charge in [0, 0.05) is 11.9 Å². The highest BCUT2D eigenvalue weighted by Crippen LogP contribution is 2.36. The molecule has 0 fully saturated rings. The van der Waals surface area contributed by atoms with E-state index in [1.165, 1.54) is 6.07 Å². The molecule has 0 saturated heterocycles. The van der Waals surface area contributed by atoms with E-state index in [1.807, 2.05) is 0 Å². The second kappa shape index (κ2) is 4.74. The average Bonchev–Trinajstić information content (AvgIpc) is 2.56. The number of hydrogen-bond acceptors (Lipinski definition) is 2. The Morgan fingerprint density at radius 1 is 1.35 bits per heavy atom. The van der Waals surface area contributed by atoms with Crippen LogP contribution in [0, 0.1) is 5.82 Å². The lowest BCUT2D eigenvalue weighted by Crippen LogP contribution is -2.31. The molecule has 3 nitrogen and oxygen atoms in total. The first kappa shape index (κ1) is 12.5. The Balaban J connectivity index is 2.52. The number of carbonyl (C=O) groups is 2. The van der Waals surface area contributed by atoms with Gasteiger partial charge in [-0.3, -0.25) is 9.59 Å². The number of fused-ring (bicyclic) bond motifs is 1. The molecule has 0 radical (unpaired) electrons. The number of halogens is 3. The highest BCUT2D eigenvalue weighted by Gasteiger charge is 2.39. The van der Waals surface area contributed by atoms with Crippen LogP contribution in [0.1, 0.15) is 16.8 Å². The number of amides is 1. The van der Waals surface area contributed by atoms with Gasteiger partial charge in [0.05, 0.1) is 16.3 Å². The van der Waals surface area contributed by atoms with Crippen molar-refractivity contribution in [2.24, 2.45) is 0 Å². The standard InChI is InChI=1S/C11H8BrClFNO2/c12-4-1-5-15-9-7(14)3-2-6(13)8(9)10(16)11(15)17/h2-3H,1,4-5H2. The maximum atomic E-state index is 13.7. The zero-order chi connectivity index (χ0) is 12.6. The minimum absolute atomic E-state index is 0.00782. The van der Waals surface area contributed by atoms with Crippen molar-refractivity contribution in [1.29, 1.82) is 0 Å². The Morgan fingerprint density at radius 3 is 2.71 bits per heavy atom. The van der Waals surface area contributed by atoms with Gasteiger partial charge in [-0.05, 0) is 18.6 Å². The van der Waals surface area contributed by atoms with Crippen LogP contribution < -0.4 is 4.90 Å². The van der Waals surface area contributed by atoms with Crippen LogP contribution in [0.5, 0.6) is 0 Å². The number of anilines is 1. The molecule has 17 heavy (non-hydrogen) atoms. The number of benzene rings is 1. The van der Waals surface area contributed by atoms with Gasteiger partial charge in [-0.25, -0.2) is 4.39 Å². The van der Waals surface area contributed by atoms with Crippen molar-refractivity contribution in [3.63, 3.8) is 0 Å². The molecule has 1 aromatic rings. The molecule has 1 aliphatic rings. The number of hydrogen-bond donors (Lipinski definition) is 0. The maximum absolute atomic E-state index is 13.7. The summed E-state index contributed by atoms with van der Waals surface area (Å²) in [5.41, 5.74) is -0.0142. The molecular weight excluding hydrogens is 312 g/mol. The van der Waals surface area contributed by atoms with Gasteiger partial charge in [0.1, 0.15) is 5.82 Å². The van der Waals surface area contributed by atoms with E-state index in [4.69, 9.17) is 11.6 Å². The molecule has 1 heterocycles. The van der Waals surface area contributed by atoms with E-state index in [0.29, 0.717) is 18.3 Å². The molecule has 0 saturated carbocycles. The Kier molecular flexibility index (Phi) is 3.49. The smallest absolute Gasteiger partial charge is 0.299 e. The number of ketones is 1. The summed E-state index contributed by atoms with van der Waals surface area (Å²) in [5.74, 6) is -2.05. The molecule has 0 unspecified atom stereocenters. The highest BCUT2D eigenvalue weighted by atomic mass is 79.9. The summed E-state index contributed by atoms with van der Waals surface area (Å²) in [6, 6.07) is 2.45. The van der Waals surface area contributed by atoms with E-state index < -0.39 is 17.5 Å². The predicted octanol–water partition coefficient (Wildman–Crippen LogP) is 2.79. The van der Waals surface area contributed by atoms with Crippen LogP contribution in [0.3, 0.4) is 0 Å². The largest absolute Gasteiger partial charge is 0.302 e. The van der Waals surface area contributed by atoms with E-state index in [9.17, 15) is 14.0 Å². The molecule has 0 atom stereocenters. The maximum Gasteiger partial charge on any atom is 0.299 e. The van der Waals surface area contributed by atoms with Gasteiger partial charge in [-0.2, -0.15) is 0 Å². The summed E-state index contributed by atoms with van der Waals surface area (Å²) < 4.78 is 13.7. The predicted molar refractivity (Wildman–Crippen MR) is 66.5 cm³/mol. The van der Waals surface area contributed by atoms with Crippen LogP contribution in [0.4, 0.5) is 10.1 Å². The van der Waals surface area contributed by atoms with Crippen LogP contribution in [0.2, 0.25) is 5.02 Å². The fourth-order valence-corrected chi connectivity index (χ4v) is 2.27. The number of alkyl halides is 1. The Hall–Kier alpha value is -0.940. The Bertz CT molecular complexity index is 506. The van der Waals surface area contributed by atoms with Crippen LogP contribution in [0.25, 0.3) is 0 Å². The van der Waals surface area contributed by atoms with E-state index >= 15 is 0 Å². The van der Waals surface area contributed by atoms with E-state index in [0.717, 1.165) is 11.0 Å². The fraction of sp³-hybridized carbons (Fsp3) is 0.273. The van der Waals surface area contributed by atoms with Crippen LogP contribution in [-0.4, -0.2) is 23.6 Å². The van der Waals surface area contributed by atoms with Crippen molar-refractivity contribution in [2.45, 2.75) is 6.42 Å². The molecule has 0 aromatic heterocycles. The van der Waals surface area contributed by atoms with Gasteiger partial charge in [0.15, 0.2) is 0 Å².